The van der Waals surface area contributed by atoms with Crippen LogP contribution in [-0.4, -0.2) is 49.6 Å². The molecule has 1 aliphatic heterocycles. The summed E-state index contributed by atoms with van der Waals surface area (Å²) < 4.78 is 13.7. The summed E-state index contributed by atoms with van der Waals surface area (Å²) >= 11 is 0. The lowest BCUT2D eigenvalue weighted by molar-refractivity contribution is -0.0779. The van der Waals surface area contributed by atoms with E-state index in [2.05, 4.69) is 60.9 Å². The predicted octanol–water partition coefficient (Wildman–Crippen LogP) is 2.75. The molecule has 22 heavy (non-hydrogen) atoms. The maximum atomic E-state index is 5.65. The van der Waals surface area contributed by atoms with E-state index >= 15 is 0 Å². The number of benzene rings is 1. The molecule has 0 amide bonds. The summed E-state index contributed by atoms with van der Waals surface area (Å²) in [5.74, 6) is 0.371. The zero-order valence-corrected chi connectivity index (χ0v) is 13.8. The van der Waals surface area contributed by atoms with Gasteiger partial charge in [0.15, 0.2) is 6.29 Å². The van der Waals surface area contributed by atoms with Crippen LogP contribution < -0.4 is 0 Å². The second kappa shape index (κ2) is 6.82. The number of hydrogen-bond donors (Lipinski definition) is 0. The van der Waals surface area contributed by atoms with Gasteiger partial charge in [0.25, 0.3) is 0 Å². The van der Waals surface area contributed by atoms with Crippen molar-refractivity contribution in [3.63, 3.8) is 0 Å². The van der Waals surface area contributed by atoms with E-state index in [4.69, 9.17) is 9.47 Å². The summed E-state index contributed by atoms with van der Waals surface area (Å²) in [6, 6.07) is 8.67. The van der Waals surface area contributed by atoms with Crippen LogP contribution in [-0.2, 0) is 22.4 Å². The highest BCUT2D eigenvalue weighted by molar-refractivity contribution is 5.84. The van der Waals surface area contributed by atoms with Gasteiger partial charge in [-0.2, -0.15) is 0 Å². The summed E-state index contributed by atoms with van der Waals surface area (Å²) in [6.45, 7) is 5.71. The van der Waals surface area contributed by atoms with E-state index in [1.54, 1.807) is 0 Å². The Morgan fingerprint density at radius 3 is 2.68 bits per heavy atom. The zero-order chi connectivity index (χ0) is 15.5. The van der Waals surface area contributed by atoms with Crippen LogP contribution in [0.1, 0.15) is 12.5 Å². The molecule has 1 saturated heterocycles. The van der Waals surface area contributed by atoms with Gasteiger partial charge in [0.1, 0.15) is 0 Å². The Hall–Kier alpha value is -1.36. The molecule has 3 rings (SSSR count). The highest BCUT2D eigenvalue weighted by atomic mass is 16.7. The van der Waals surface area contributed by atoms with E-state index in [-0.39, 0.29) is 6.29 Å². The molecule has 4 nitrogen and oxygen atoms in total. The molecule has 0 radical (unpaired) electrons. The molecule has 120 valence electrons. The maximum absolute atomic E-state index is 5.65. The number of nitrogens with zero attached hydrogens (tertiary/aromatic N) is 2. The van der Waals surface area contributed by atoms with Gasteiger partial charge in [-0.15, -0.1) is 0 Å². The van der Waals surface area contributed by atoms with Crippen molar-refractivity contribution in [2.75, 3.05) is 33.9 Å². The fourth-order valence-electron chi connectivity index (χ4n) is 3.13. The fourth-order valence-corrected chi connectivity index (χ4v) is 3.13. The third kappa shape index (κ3) is 3.35. The molecule has 0 aliphatic carbocycles. The van der Waals surface area contributed by atoms with Crippen LogP contribution in [0, 0.1) is 5.92 Å². The van der Waals surface area contributed by atoms with Crippen LogP contribution in [0.15, 0.2) is 30.5 Å². The summed E-state index contributed by atoms with van der Waals surface area (Å²) in [4.78, 5) is 2.22. The first-order valence-corrected chi connectivity index (χ1v) is 8.10. The minimum absolute atomic E-state index is 0.0520. The predicted molar refractivity (Wildman–Crippen MR) is 89.1 cm³/mol. The van der Waals surface area contributed by atoms with Crippen LogP contribution in [0.5, 0.6) is 0 Å². The number of fused-ring (bicyclic) bond motifs is 1. The minimum atomic E-state index is -0.0520. The molecule has 1 atom stereocenters. The highest BCUT2D eigenvalue weighted by Gasteiger charge is 2.24. The molecule has 1 aromatic heterocycles. The number of hydrogen-bond acceptors (Lipinski definition) is 3. The topological polar surface area (TPSA) is 26.6 Å². The van der Waals surface area contributed by atoms with Crippen molar-refractivity contribution < 1.29 is 9.47 Å². The molecular weight excluding hydrogens is 276 g/mol. The molecule has 0 N–H and O–H groups in total. The van der Waals surface area contributed by atoms with Crippen LogP contribution >= 0.6 is 0 Å². The summed E-state index contributed by atoms with van der Waals surface area (Å²) in [7, 11) is 4.23. The van der Waals surface area contributed by atoms with Gasteiger partial charge in [-0.3, -0.25) is 0 Å². The Morgan fingerprint density at radius 2 is 1.95 bits per heavy atom. The number of ether oxygens (including phenoxy) is 2. The van der Waals surface area contributed by atoms with Crippen LogP contribution in [0.4, 0.5) is 0 Å². The number of rotatable bonds is 6. The van der Waals surface area contributed by atoms with E-state index < -0.39 is 0 Å². The van der Waals surface area contributed by atoms with Crippen molar-refractivity contribution in [1.82, 2.24) is 9.47 Å². The Kier molecular flexibility index (Phi) is 4.81. The van der Waals surface area contributed by atoms with Gasteiger partial charge < -0.3 is 18.9 Å². The lowest BCUT2D eigenvalue weighted by Crippen LogP contribution is -2.20. The van der Waals surface area contributed by atoms with E-state index in [0.717, 1.165) is 32.7 Å². The molecule has 4 heteroatoms. The maximum Gasteiger partial charge on any atom is 0.160 e. The van der Waals surface area contributed by atoms with Gasteiger partial charge in [-0.1, -0.05) is 25.1 Å². The van der Waals surface area contributed by atoms with E-state index in [1.165, 1.54) is 16.5 Å². The molecule has 1 aliphatic rings. The summed E-state index contributed by atoms with van der Waals surface area (Å²) in [6.07, 6.45) is 3.24. The second-order valence-corrected chi connectivity index (χ2v) is 6.46. The Morgan fingerprint density at radius 1 is 1.23 bits per heavy atom. The van der Waals surface area contributed by atoms with Gasteiger partial charge in [0.05, 0.1) is 13.2 Å². The summed E-state index contributed by atoms with van der Waals surface area (Å²) in [5, 5.41) is 1.35. The lowest BCUT2D eigenvalue weighted by Gasteiger charge is -2.17. The standard InChI is InChI=1S/C18H26N2O2/c1-14(18-21-10-11-22-18)12-15-13-20(9-8-19(2)3)17-7-5-4-6-16(15)17/h4-7,13-14,18H,8-12H2,1-3H3. The Balaban J connectivity index is 1.82. The normalized spacial score (nSPS) is 17.6. The first-order chi connectivity index (χ1) is 10.6. The molecule has 1 aromatic carbocycles. The van der Waals surface area contributed by atoms with Crippen molar-refractivity contribution in [2.45, 2.75) is 26.2 Å². The Bertz CT molecular complexity index is 615. The van der Waals surface area contributed by atoms with Gasteiger partial charge in [-0.05, 0) is 32.1 Å². The Labute approximate surface area is 132 Å². The molecular formula is C18H26N2O2. The zero-order valence-electron chi connectivity index (χ0n) is 13.8. The van der Waals surface area contributed by atoms with E-state index in [9.17, 15) is 0 Å². The highest BCUT2D eigenvalue weighted by Crippen LogP contribution is 2.26. The average Bonchev–Trinajstić information content (AvgIpc) is 3.14. The van der Waals surface area contributed by atoms with Crippen LogP contribution in [0.25, 0.3) is 10.9 Å². The molecule has 2 heterocycles. The number of likely N-dealkylation sites (N-methyl/N-ethyl adjacent to an activating group) is 1. The number of para-hydroxylation sites is 1. The van der Waals surface area contributed by atoms with Crippen LogP contribution in [0.3, 0.4) is 0 Å². The average molecular weight is 302 g/mol. The van der Waals surface area contributed by atoms with Crippen molar-refractivity contribution in [2.24, 2.45) is 5.92 Å². The molecule has 1 fully saturated rings. The minimum Gasteiger partial charge on any atom is -0.350 e. The van der Waals surface area contributed by atoms with Gasteiger partial charge >= 0.3 is 0 Å². The van der Waals surface area contributed by atoms with Crippen molar-refractivity contribution in [3.8, 4) is 0 Å². The van der Waals surface area contributed by atoms with Gasteiger partial charge in [0, 0.05) is 36.1 Å². The monoisotopic (exact) mass is 302 g/mol. The second-order valence-electron chi connectivity index (χ2n) is 6.46. The van der Waals surface area contributed by atoms with Crippen molar-refractivity contribution in [1.29, 1.82) is 0 Å². The molecule has 0 bridgehead atoms. The van der Waals surface area contributed by atoms with E-state index in [1.807, 2.05) is 0 Å². The quantitative estimate of drug-likeness (QED) is 0.821. The van der Waals surface area contributed by atoms with Crippen molar-refractivity contribution in [3.05, 3.63) is 36.0 Å². The summed E-state index contributed by atoms with van der Waals surface area (Å²) in [5.41, 5.74) is 2.71. The van der Waals surface area contributed by atoms with Crippen molar-refractivity contribution >= 4 is 10.9 Å². The van der Waals surface area contributed by atoms with Crippen LogP contribution in [0.2, 0.25) is 0 Å². The fraction of sp³-hybridized carbons (Fsp3) is 0.556. The molecule has 0 saturated carbocycles. The number of aromatic nitrogens is 1. The smallest absolute Gasteiger partial charge is 0.160 e. The van der Waals surface area contributed by atoms with Gasteiger partial charge in [0.2, 0.25) is 0 Å². The third-order valence-electron chi connectivity index (χ3n) is 4.31. The third-order valence-corrected chi connectivity index (χ3v) is 4.31. The first kappa shape index (κ1) is 15.5. The molecule has 2 aromatic rings. The van der Waals surface area contributed by atoms with Gasteiger partial charge in [-0.25, -0.2) is 0 Å². The molecule has 1 unspecified atom stereocenters. The van der Waals surface area contributed by atoms with E-state index in [0.29, 0.717) is 5.92 Å². The molecule has 0 spiro atoms. The first-order valence-electron chi connectivity index (χ1n) is 8.10. The SMILES string of the molecule is CC(Cc1cn(CCN(C)C)c2ccccc12)C1OCCO1. The lowest BCUT2D eigenvalue weighted by atomic mass is 10.0. The largest absolute Gasteiger partial charge is 0.350 e.